The van der Waals surface area contributed by atoms with E-state index in [-0.39, 0.29) is 24.4 Å². The summed E-state index contributed by atoms with van der Waals surface area (Å²) in [6, 6.07) is 9.76. The first-order valence-electron chi connectivity index (χ1n) is 7.73. The lowest BCUT2D eigenvalue weighted by Gasteiger charge is -2.30. The van der Waals surface area contributed by atoms with E-state index in [1.165, 1.54) is 0 Å². The molecule has 2 heterocycles. The van der Waals surface area contributed by atoms with Crippen LogP contribution in [-0.4, -0.2) is 39.7 Å². The summed E-state index contributed by atoms with van der Waals surface area (Å²) in [4.78, 5) is 14.4. The fourth-order valence-corrected chi connectivity index (χ4v) is 3.01. The Bertz CT molecular complexity index is 680. The highest BCUT2D eigenvalue weighted by Crippen LogP contribution is 2.16. The predicted octanol–water partition coefficient (Wildman–Crippen LogP) is 2.47. The Morgan fingerprint density at radius 3 is 2.52 bits per heavy atom. The van der Waals surface area contributed by atoms with E-state index in [2.05, 4.69) is 5.10 Å². The maximum absolute atomic E-state index is 12.5. The number of carbonyl (C=O) groups excluding carboxylic acids is 1. The average Bonchev–Trinajstić information content (AvgIpc) is 2.85. The summed E-state index contributed by atoms with van der Waals surface area (Å²) < 4.78 is 1.89. The van der Waals surface area contributed by atoms with Crippen LogP contribution < -0.4 is 5.73 Å². The first-order valence-corrected chi connectivity index (χ1v) is 7.73. The largest absolute Gasteiger partial charge is 0.337 e. The van der Waals surface area contributed by atoms with E-state index in [1.807, 2.05) is 53.8 Å². The SMILES string of the molecule is Cc1cc(C)n(-c2ccc(C(=O)N3CCCC(N)C3)cc2)n1.Cl. The molecule has 124 valence electrons. The van der Waals surface area contributed by atoms with Crippen molar-refractivity contribution in [3.8, 4) is 5.69 Å². The van der Waals surface area contributed by atoms with Gasteiger partial charge in [0.25, 0.3) is 5.91 Å². The van der Waals surface area contributed by atoms with Crippen LogP contribution in [0.4, 0.5) is 0 Å². The monoisotopic (exact) mass is 334 g/mol. The molecule has 1 unspecified atom stereocenters. The standard InChI is InChI=1S/C17H22N4O.ClH/c1-12-10-13(2)21(19-12)16-7-5-14(6-8-16)17(22)20-9-3-4-15(18)11-20;/h5-8,10,15H,3-4,9,11,18H2,1-2H3;1H. The third kappa shape index (κ3) is 3.74. The van der Waals surface area contributed by atoms with Crippen LogP contribution in [0.3, 0.4) is 0 Å². The first kappa shape index (κ1) is 17.5. The zero-order valence-electron chi connectivity index (χ0n) is 13.5. The van der Waals surface area contributed by atoms with Crippen molar-refractivity contribution in [2.75, 3.05) is 13.1 Å². The summed E-state index contributed by atoms with van der Waals surface area (Å²) >= 11 is 0. The van der Waals surface area contributed by atoms with E-state index in [4.69, 9.17) is 5.73 Å². The third-order valence-corrected chi connectivity index (χ3v) is 4.11. The second-order valence-corrected chi connectivity index (χ2v) is 6.04. The van der Waals surface area contributed by atoms with Crippen LogP contribution in [0.2, 0.25) is 0 Å². The van der Waals surface area contributed by atoms with E-state index >= 15 is 0 Å². The second-order valence-electron chi connectivity index (χ2n) is 6.04. The van der Waals surface area contributed by atoms with Gasteiger partial charge in [0.1, 0.15) is 0 Å². The molecule has 23 heavy (non-hydrogen) atoms. The van der Waals surface area contributed by atoms with Gasteiger partial charge in [0, 0.05) is 30.4 Å². The lowest BCUT2D eigenvalue weighted by molar-refractivity contribution is 0.0709. The summed E-state index contributed by atoms with van der Waals surface area (Å²) in [5, 5.41) is 4.46. The molecule has 0 bridgehead atoms. The topological polar surface area (TPSA) is 64.2 Å². The van der Waals surface area contributed by atoms with E-state index < -0.39 is 0 Å². The van der Waals surface area contributed by atoms with Crippen LogP contribution in [0.25, 0.3) is 5.69 Å². The number of nitrogens with zero attached hydrogens (tertiary/aromatic N) is 3. The number of nitrogens with two attached hydrogens (primary N) is 1. The van der Waals surface area contributed by atoms with Gasteiger partial charge in [-0.1, -0.05) is 0 Å². The summed E-state index contributed by atoms with van der Waals surface area (Å²) in [5.41, 5.74) is 9.70. The van der Waals surface area contributed by atoms with Crippen molar-refractivity contribution in [2.45, 2.75) is 32.7 Å². The van der Waals surface area contributed by atoms with Crippen LogP contribution in [0, 0.1) is 13.8 Å². The van der Waals surface area contributed by atoms with Gasteiger partial charge in [0.05, 0.1) is 11.4 Å². The fraction of sp³-hybridized carbons (Fsp3) is 0.412. The number of halogens is 1. The molecule has 2 aromatic rings. The van der Waals surface area contributed by atoms with Crippen molar-refractivity contribution < 1.29 is 4.79 Å². The minimum Gasteiger partial charge on any atom is -0.337 e. The molecule has 0 radical (unpaired) electrons. The van der Waals surface area contributed by atoms with Crippen LogP contribution in [0.1, 0.15) is 34.6 Å². The van der Waals surface area contributed by atoms with Gasteiger partial charge in [-0.05, 0) is 57.0 Å². The Morgan fingerprint density at radius 2 is 1.96 bits per heavy atom. The highest BCUT2D eigenvalue weighted by atomic mass is 35.5. The number of benzene rings is 1. The molecule has 1 aromatic carbocycles. The number of rotatable bonds is 2. The minimum absolute atomic E-state index is 0. The van der Waals surface area contributed by atoms with Crippen LogP contribution >= 0.6 is 12.4 Å². The van der Waals surface area contributed by atoms with Gasteiger partial charge in [0.2, 0.25) is 0 Å². The van der Waals surface area contributed by atoms with E-state index in [1.54, 1.807) is 0 Å². The first-order chi connectivity index (χ1) is 10.5. The minimum atomic E-state index is 0. The molecule has 6 heteroatoms. The molecule has 1 aliphatic rings. The van der Waals surface area contributed by atoms with Crippen molar-refractivity contribution in [2.24, 2.45) is 5.73 Å². The second kappa shape index (κ2) is 7.15. The summed E-state index contributed by atoms with van der Waals surface area (Å²) in [6.45, 7) is 5.44. The lowest BCUT2D eigenvalue weighted by Crippen LogP contribution is -2.45. The van der Waals surface area contributed by atoms with Crippen molar-refractivity contribution in [3.05, 3.63) is 47.3 Å². The lowest BCUT2D eigenvalue weighted by atomic mass is 10.1. The molecule has 2 N–H and O–H groups in total. The van der Waals surface area contributed by atoms with Crippen molar-refractivity contribution in [3.63, 3.8) is 0 Å². The Morgan fingerprint density at radius 1 is 1.26 bits per heavy atom. The van der Waals surface area contributed by atoms with Crippen LogP contribution in [0.15, 0.2) is 30.3 Å². The van der Waals surface area contributed by atoms with E-state index in [0.717, 1.165) is 36.5 Å². The molecular formula is C17H23ClN4O. The zero-order chi connectivity index (χ0) is 15.7. The highest BCUT2D eigenvalue weighted by molar-refractivity contribution is 5.94. The Labute approximate surface area is 142 Å². The molecule has 1 fully saturated rings. The molecule has 0 saturated carbocycles. The number of aromatic nitrogens is 2. The van der Waals surface area contributed by atoms with Gasteiger partial charge in [0.15, 0.2) is 0 Å². The maximum atomic E-state index is 12.5. The van der Waals surface area contributed by atoms with E-state index in [9.17, 15) is 4.79 Å². The van der Waals surface area contributed by atoms with Crippen LogP contribution in [-0.2, 0) is 0 Å². The highest BCUT2D eigenvalue weighted by Gasteiger charge is 2.22. The van der Waals surface area contributed by atoms with Crippen molar-refractivity contribution >= 4 is 18.3 Å². The fourth-order valence-electron chi connectivity index (χ4n) is 3.01. The molecule has 1 amide bonds. The molecule has 1 aromatic heterocycles. The van der Waals surface area contributed by atoms with Gasteiger partial charge < -0.3 is 10.6 Å². The van der Waals surface area contributed by atoms with Gasteiger partial charge in [-0.25, -0.2) is 4.68 Å². The normalized spacial score (nSPS) is 17.7. The number of carbonyl (C=O) groups is 1. The van der Waals surface area contributed by atoms with Crippen LogP contribution in [0.5, 0.6) is 0 Å². The predicted molar refractivity (Wildman–Crippen MR) is 93.4 cm³/mol. The van der Waals surface area contributed by atoms with Crippen molar-refractivity contribution in [1.82, 2.24) is 14.7 Å². The quantitative estimate of drug-likeness (QED) is 0.917. The molecule has 1 atom stereocenters. The summed E-state index contributed by atoms with van der Waals surface area (Å²) in [7, 11) is 0. The van der Waals surface area contributed by atoms with Gasteiger partial charge >= 0.3 is 0 Å². The molecule has 3 rings (SSSR count). The summed E-state index contributed by atoms with van der Waals surface area (Å²) in [5.74, 6) is 0.0649. The zero-order valence-corrected chi connectivity index (χ0v) is 14.3. The van der Waals surface area contributed by atoms with Crippen molar-refractivity contribution in [1.29, 1.82) is 0 Å². The average molecular weight is 335 g/mol. The number of likely N-dealkylation sites (tertiary alicyclic amines) is 1. The number of amides is 1. The van der Waals surface area contributed by atoms with Gasteiger partial charge in [-0.15, -0.1) is 12.4 Å². The maximum Gasteiger partial charge on any atom is 0.253 e. The molecule has 1 aliphatic heterocycles. The molecule has 5 nitrogen and oxygen atoms in total. The van der Waals surface area contributed by atoms with Gasteiger partial charge in [-0.2, -0.15) is 5.10 Å². The number of aryl methyl sites for hydroxylation is 2. The third-order valence-electron chi connectivity index (χ3n) is 4.11. The number of hydrogen-bond donors (Lipinski definition) is 1. The number of piperidine rings is 1. The molecular weight excluding hydrogens is 312 g/mol. The molecule has 0 aliphatic carbocycles. The Balaban J connectivity index is 0.00000192. The molecule has 0 spiro atoms. The van der Waals surface area contributed by atoms with E-state index in [0.29, 0.717) is 12.1 Å². The smallest absolute Gasteiger partial charge is 0.253 e. The molecule has 1 saturated heterocycles. The number of hydrogen-bond acceptors (Lipinski definition) is 3. The summed E-state index contributed by atoms with van der Waals surface area (Å²) in [6.07, 6.45) is 1.98. The Hall–Kier alpha value is -1.85. The van der Waals surface area contributed by atoms with Gasteiger partial charge in [-0.3, -0.25) is 4.79 Å². The Kier molecular flexibility index (Phi) is 5.44.